The fourth-order valence-electron chi connectivity index (χ4n) is 1.56. The molecule has 0 spiro atoms. The van der Waals surface area contributed by atoms with Gasteiger partial charge in [-0.25, -0.2) is 0 Å². The number of rotatable bonds is 7. The number of hydrogen-bond donors (Lipinski definition) is 1. The molecule has 2 unspecified atom stereocenters. The number of likely N-dealkylation sites (N-methyl/N-ethyl adjacent to an activating group) is 1. The molecule has 0 aromatic heterocycles. The molecule has 0 aliphatic rings. The van der Waals surface area contributed by atoms with E-state index in [4.69, 9.17) is 0 Å². The summed E-state index contributed by atoms with van der Waals surface area (Å²) in [6, 6.07) is 0.0619. The van der Waals surface area contributed by atoms with E-state index in [0.29, 0.717) is 5.92 Å². The van der Waals surface area contributed by atoms with Gasteiger partial charge in [0.25, 0.3) is 0 Å². The van der Waals surface area contributed by atoms with Crippen LogP contribution in [0.5, 0.6) is 0 Å². The molecule has 2 heteroatoms. The minimum Gasteiger partial charge on any atom is -0.311 e. The number of unbranched alkanes of at least 4 members (excludes halogenated alkanes) is 1. The first-order valence-electron chi connectivity index (χ1n) is 5.29. The standard InChI is InChI=1S/C11H23NO/c1-5-6-7-9(2)8-11(12-4)10(3)13/h9,11-12H,5-8H2,1-4H3. The topological polar surface area (TPSA) is 29.1 Å². The summed E-state index contributed by atoms with van der Waals surface area (Å²) in [6.07, 6.45) is 4.73. The van der Waals surface area contributed by atoms with E-state index in [1.165, 1.54) is 19.3 Å². The minimum atomic E-state index is 0.0619. The van der Waals surface area contributed by atoms with Crippen molar-refractivity contribution in [1.82, 2.24) is 5.32 Å². The number of carbonyl (C=O) groups excluding carboxylic acids is 1. The van der Waals surface area contributed by atoms with Crippen molar-refractivity contribution >= 4 is 5.78 Å². The molecule has 0 bridgehead atoms. The first-order valence-corrected chi connectivity index (χ1v) is 5.29. The molecular weight excluding hydrogens is 162 g/mol. The Hall–Kier alpha value is -0.370. The Morgan fingerprint density at radius 2 is 2.08 bits per heavy atom. The third-order valence-electron chi connectivity index (χ3n) is 2.53. The number of carbonyl (C=O) groups is 1. The molecular formula is C11H23NO. The predicted octanol–water partition coefficient (Wildman–Crippen LogP) is 2.38. The van der Waals surface area contributed by atoms with E-state index in [1.54, 1.807) is 6.92 Å². The highest BCUT2D eigenvalue weighted by Crippen LogP contribution is 2.14. The lowest BCUT2D eigenvalue weighted by atomic mass is 9.95. The van der Waals surface area contributed by atoms with Crippen molar-refractivity contribution in [3.8, 4) is 0 Å². The van der Waals surface area contributed by atoms with Crippen molar-refractivity contribution in [3.63, 3.8) is 0 Å². The maximum Gasteiger partial charge on any atom is 0.146 e. The fraction of sp³-hybridized carbons (Fsp3) is 0.909. The van der Waals surface area contributed by atoms with Gasteiger partial charge < -0.3 is 5.32 Å². The molecule has 0 amide bonds. The van der Waals surface area contributed by atoms with Crippen LogP contribution in [0, 0.1) is 5.92 Å². The first-order chi connectivity index (χ1) is 6.11. The van der Waals surface area contributed by atoms with Gasteiger partial charge in [0.2, 0.25) is 0 Å². The summed E-state index contributed by atoms with van der Waals surface area (Å²) in [6.45, 7) is 6.09. The van der Waals surface area contributed by atoms with E-state index in [2.05, 4.69) is 19.2 Å². The second kappa shape index (κ2) is 7.07. The zero-order valence-corrected chi connectivity index (χ0v) is 9.39. The van der Waals surface area contributed by atoms with Crippen LogP contribution in [0.15, 0.2) is 0 Å². The molecule has 0 fully saturated rings. The maximum absolute atomic E-state index is 11.1. The van der Waals surface area contributed by atoms with Crippen molar-refractivity contribution in [2.45, 2.75) is 52.5 Å². The number of Topliss-reactive ketones (excluding diaryl/α,β-unsaturated/α-hetero) is 1. The van der Waals surface area contributed by atoms with E-state index in [9.17, 15) is 4.79 Å². The van der Waals surface area contributed by atoms with Crippen LogP contribution in [0.4, 0.5) is 0 Å². The summed E-state index contributed by atoms with van der Waals surface area (Å²) >= 11 is 0. The number of nitrogens with one attached hydrogen (secondary N) is 1. The number of hydrogen-bond acceptors (Lipinski definition) is 2. The highest BCUT2D eigenvalue weighted by atomic mass is 16.1. The van der Waals surface area contributed by atoms with Crippen LogP contribution in [0.1, 0.15) is 46.5 Å². The van der Waals surface area contributed by atoms with Crippen molar-refractivity contribution in [3.05, 3.63) is 0 Å². The largest absolute Gasteiger partial charge is 0.311 e. The quantitative estimate of drug-likeness (QED) is 0.660. The smallest absolute Gasteiger partial charge is 0.146 e. The van der Waals surface area contributed by atoms with Crippen molar-refractivity contribution < 1.29 is 4.79 Å². The summed E-state index contributed by atoms with van der Waals surface area (Å²) in [7, 11) is 1.86. The van der Waals surface area contributed by atoms with E-state index in [1.807, 2.05) is 7.05 Å². The molecule has 0 aliphatic heterocycles. The summed E-state index contributed by atoms with van der Waals surface area (Å²) in [5, 5.41) is 3.06. The van der Waals surface area contributed by atoms with E-state index in [-0.39, 0.29) is 11.8 Å². The molecule has 0 aliphatic carbocycles. The Balaban J connectivity index is 3.73. The summed E-state index contributed by atoms with van der Waals surface area (Å²) < 4.78 is 0. The minimum absolute atomic E-state index is 0.0619. The van der Waals surface area contributed by atoms with Crippen LogP contribution in [0.25, 0.3) is 0 Å². The molecule has 2 nitrogen and oxygen atoms in total. The highest BCUT2D eigenvalue weighted by Gasteiger charge is 2.14. The van der Waals surface area contributed by atoms with Gasteiger partial charge in [-0.05, 0) is 26.3 Å². The van der Waals surface area contributed by atoms with Crippen molar-refractivity contribution in [1.29, 1.82) is 0 Å². The third-order valence-corrected chi connectivity index (χ3v) is 2.53. The monoisotopic (exact) mass is 185 g/mol. The highest BCUT2D eigenvalue weighted by molar-refractivity contribution is 5.81. The lowest BCUT2D eigenvalue weighted by Crippen LogP contribution is -2.33. The van der Waals surface area contributed by atoms with Crippen LogP contribution in [-0.2, 0) is 4.79 Å². The lowest BCUT2D eigenvalue weighted by Gasteiger charge is -2.17. The predicted molar refractivity (Wildman–Crippen MR) is 56.8 cm³/mol. The summed E-state index contributed by atoms with van der Waals surface area (Å²) in [5.74, 6) is 0.909. The molecule has 0 radical (unpaired) electrons. The van der Waals surface area contributed by atoms with Crippen LogP contribution in [0.3, 0.4) is 0 Å². The molecule has 2 atom stereocenters. The third kappa shape index (κ3) is 5.81. The molecule has 0 saturated carbocycles. The SMILES string of the molecule is CCCCC(C)CC(NC)C(C)=O. The fourth-order valence-corrected chi connectivity index (χ4v) is 1.56. The Kier molecular flexibility index (Phi) is 6.87. The zero-order chi connectivity index (χ0) is 10.3. The molecule has 0 saturated heterocycles. The zero-order valence-electron chi connectivity index (χ0n) is 9.39. The first kappa shape index (κ1) is 12.6. The van der Waals surface area contributed by atoms with Crippen molar-refractivity contribution in [2.75, 3.05) is 7.05 Å². The summed E-state index contributed by atoms with van der Waals surface area (Å²) in [5.41, 5.74) is 0. The Bertz CT molecular complexity index is 145. The van der Waals surface area contributed by atoms with Gasteiger partial charge in [0.15, 0.2) is 0 Å². The second-order valence-corrected chi connectivity index (χ2v) is 3.94. The van der Waals surface area contributed by atoms with Gasteiger partial charge in [-0.1, -0.05) is 33.1 Å². The molecule has 1 N–H and O–H groups in total. The second-order valence-electron chi connectivity index (χ2n) is 3.94. The lowest BCUT2D eigenvalue weighted by molar-refractivity contribution is -0.119. The van der Waals surface area contributed by atoms with Gasteiger partial charge in [0, 0.05) is 0 Å². The van der Waals surface area contributed by atoms with Gasteiger partial charge in [0.1, 0.15) is 5.78 Å². The van der Waals surface area contributed by atoms with E-state index >= 15 is 0 Å². The molecule has 13 heavy (non-hydrogen) atoms. The van der Waals surface area contributed by atoms with Gasteiger partial charge in [0.05, 0.1) is 6.04 Å². The summed E-state index contributed by atoms with van der Waals surface area (Å²) in [4.78, 5) is 11.1. The molecule has 0 rings (SSSR count). The average molecular weight is 185 g/mol. The van der Waals surface area contributed by atoms with E-state index in [0.717, 1.165) is 6.42 Å². The van der Waals surface area contributed by atoms with Crippen LogP contribution in [0.2, 0.25) is 0 Å². The maximum atomic E-state index is 11.1. The number of ketones is 1. The van der Waals surface area contributed by atoms with Crippen LogP contribution >= 0.6 is 0 Å². The van der Waals surface area contributed by atoms with Gasteiger partial charge in [-0.2, -0.15) is 0 Å². The van der Waals surface area contributed by atoms with Gasteiger partial charge in [-0.15, -0.1) is 0 Å². The van der Waals surface area contributed by atoms with Crippen molar-refractivity contribution in [2.24, 2.45) is 5.92 Å². The Morgan fingerprint density at radius 3 is 2.46 bits per heavy atom. The van der Waals surface area contributed by atoms with Gasteiger partial charge >= 0.3 is 0 Å². The molecule has 0 heterocycles. The van der Waals surface area contributed by atoms with E-state index < -0.39 is 0 Å². The van der Waals surface area contributed by atoms with Gasteiger partial charge in [-0.3, -0.25) is 4.79 Å². The van der Waals surface area contributed by atoms with Crippen LogP contribution < -0.4 is 5.32 Å². The van der Waals surface area contributed by atoms with Crippen LogP contribution in [-0.4, -0.2) is 18.9 Å². The molecule has 0 aromatic carbocycles. The average Bonchev–Trinajstić information content (AvgIpc) is 2.10. The Labute approximate surface area is 82.1 Å². The normalized spacial score (nSPS) is 15.4. The molecule has 78 valence electrons. The molecule has 0 aromatic rings. The Morgan fingerprint density at radius 1 is 1.46 bits per heavy atom.